The lowest BCUT2D eigenvalue weighted by Gasteiger charge is -2.60. The Balaban J connectivity index is 1.53. The highest BCUT2D eigenvalue weighted by Gasteiger charge is 2.54. The molecule has 5 rings (SSSR count). The van der Waals surface area contributed by atoms with E-state index in [1.165, 1.54) is 56.2 Å². The summed E-state index contributed by atoms with van der Waals surface area (Å²) < 4.78 is 5.90. The van der Waals surface area contributed by atoms with Crippen molar-refractivity contribution in [1.82, 2.24) is 4.90 Å². The number of phenols is 1. The number of fused-ring (bicyclic) bond motifs is 1. The minimum atomic E-state index is 0.0872. The summed E-state index contributed by atoms with van der Waals surface area (Å²) >= 11 is 0. The molecule has 2 heterocycles. The third-order valence-corrected chi connectivity index (χ3v) is 7.55. The lowest BCUT2D eigenvalue weighted by Crippen LogP contribution is -2.64. The summed E-state index contributed by atoms with van der Waals surface area (Å²) in [5, 5.41) is 10.1. The standard InChI is InChI=1S/C21H29NO2/c1-20(9-11-24-20)14-22-10-8-21-7-3-2-4-17(21)19(22)12-15-5-6-16(23)13-18(15)21/h5-6,13,17,19,23H,2-4,7-12,14H2,1H3/t17-,19+,20?,21+/m0/s1. The summed E-state index contributed by atoms with van der Waals surface area (Å²) in [6.45, 7) is 5.51. The van der Waals surface area contributed by atoms with Crippen LogP contribution in [0.1, 0.15) is 56.6 Å². The van der Waals surface area contributed by atoms with Gasteiger partial charge in [-0.3, -0.25) is 4.90 Å². The summed E-state index contributed by atoms with van der Waals surface area (Å²) in [6.07, 6.45) is 8.99. The minimum Gasteiger partial charge on any atom is -0.508 e. The van der Waals surface area contributed by atoms with Crippen LogP contribution in [-0.2, 0) is 16.6 Å². The number of likely N-dealkylation sites (tertiary alicyclic amines) is 1. The summed E-state index contributed by atoms with van der Waals surface area (Å²) in [7, 11) is 0. The third kappa shape index (κ3) is 2.10. The molecule has 4 atom stereocenters. The molecule has 0 spiro atoms. The van der Waals surface area contributed by atoms with Crippen molar-refractivity contribution in [2.24, 2.45) is 5.92 Å². The molecular formula is C21H29NO2. The van der Waals surface area contributed by atoms with Crippen LogP contribution in [0.15, 0.2) is 18.2 Å². The van der Waals surface area contributed by atoms with Crippen molar-refractivity contribution < 1.29 is 9.84 Å². The molecule has 1 N–H and O–H groups in total. The highest BCUT2D eigenvalue weighted by Crippen LogP contribution is 2.56. The van der Waals surface area contributed by atoms with Crippen molar-refractivity contribution in [3.8, 4) is 5.75 Å². The van der Waals surface area contributed by atoms with Gasteiger partial charge in [0.15, 0.2) is 0 Å². The van der Waals surface area contributed by atoms with Crippen molar-refractivity contribution in [3.63, 3.8) is 0 Å². The normalized spacial score (nSPS) is 41.2. The second kappa shape index (κ2) is 5.22. The van der Waals surface area contributed by atoms with Crippen LogP contribution in [0.3, 0.4) is 0 Å². The minimum absolute atomic E-state index is 0.0872. The average molecular weight is 327 g/mol. The topological polar surface area (TPSA) is 32.7 Å². The Kier molecular flexibility index (Phi) is 3.31. The first-order valence-electron chi connectivity index (χ1n) is 9.80. The quantitative estimate of drug-likeness (QED) is 0.900. The van der Waals surface area contributed by atoms with Gasteiger partial charge in [-0.1, -0.05) is 18.9 Å². The van der Waals surface area contributed by atoms with E-state index in [9.17, 15) is 5.11 Å². The van der Waals surface area contributed by atoms with E-state index in [4.69, 9.17) is 4.74 Å². The van der Waals surface area contributed by atoms with Gasteiger partial charge < -0.3 is 9.84 Å². The molecule has 1 aromatic rings. The molecule has 0 amide bonds. The van der Waals surface area contributed by atoms with Crippen LogP contribution in [-0.4, -0.2) is 41.3 Å². The Bertz CT molecular complexity index is 653. The van der Waals surface area contributed by atoms with Gasteiger partial charge in [-0.2, -0.15) is 0 Å². The largest absolute Gasteiger partial charge is 0.508 e. The molecule has 2 saturated heterocycles. The van der Waals surface area contributed by atoms with Crippen molar-refractivity contribution in [2.75, 3.05) is 19.7 Å². The van der Waals surface area contributed by atoms with Gasteiger partial charge in [0.2, 0.25) is 0 Å². The first-order chi connectivity index (χ1) is 11.6. The first kappa shape index (κ1) is 15.2. The maximum Gasteiger partial charge on any atom is 0.115 e. The number of hydrogen-bond donors (Lipinski definition) is 1. The van der Waals surface area contributed by atoms with Gasteiger partial charge in [0.1, 0.15) is 5.75 Å². The fourth-order valence-corrected chi connectivity index (χ4v) is 6.27. The highest BCUT2D eigenvalue weighted by atomic mass is 16.5. The second-order valence-corrected chi connectivity index (χ2v) is 8.89. The second-order valence-electron chi connectivity index (χ2n) is 8.89. The number of benzene rings is 1. The Morgan fingerprint density at radius 2 is 2.12 bits per heavy atom. The number of aromatic hydroxyl groups is 1. The van der Waals surface area contributed by atoms with Gasteiger partial charge in [-0.15, -0.1) is 0 Å². The smallest absolute Gasteiger partial charge is 0.115 e. The molecular weight excluding hydrogens is 298 g/mol. The number of rotatable bonds is 2. The molecule has 1 unspecified atom stereocenters. The first-order valence-corrected chi connectivity index (χ1v) is 9.80. The fourth-order valence-electron chi connectivity index (χ4n) is 6.27. The van der Waals surface area contributed by atoms with Crippen LogP contribution < -0.4 is 0 Å². The Labute approximate surface area is 145 Å². The molecule has 3 fully saturated rings. The lowest BCUT2D eigenvalue weighted by atomic mass is 9.52. The van der Waals surface area contributed by atoms with Crippen LogP contribution in [0.25, 0.3) is 0 Å². The lowest BCUT2D eigenvalue weighted by molar-refractivity contribution is -0.161. The van der Waals surface area contributed by atoms with Gasteiger partial charge in [-0.25, -0.2) is 0 Å². The van der Waals surface area contributed by atoms with E-state index >= 15 is 0 Å². The zero-order valence-electron chi connectivity index (χ0n) is 14.8. The molecule has 4 aliphatic rings. The molecule has 0 aromatic heterocycles. The summed E-state index contributed by atoms with van der Waals surface area (Å²) in [4.78, 5) is 2.75. The van der Waals surface area contributed by atoms with E-state index < -0.39 is 0 Å². The maximum absolute atomic E-state index is 10.1. The predicted molar refractivity (Wildman–Crippen MR) is 94.4 cm³/mol. The highest BCUT2D eigenvalue weighted by molar-refractivity contribution is 5.45. The van der Waals surface area contributed by atoms with Crippen LogP contribution in [0.4, 0.5) is 0 Å². The van der Waals surface area contributed by atoms with Gasteiger partial charge in [0, 0.05) is 24.4 Å². The van der Waals surface area contributed by atoms with E-state index in [0.717, 1.165) is 25.5 Å². The number of piperidine rings is 1. The SMILES string of the molecule is CC1(CN2CC[C@]34CCCC[C@H]3[C@H]2Cc2ccc(O)cc24)CCO1. The van der Waals surface area contributed by atoms with Gasteiger partial charge >= 0.3 is 0 Å². The molecule has 130 valence electrons. The third-order valence-electron chi connectivity index (χ3n) is 7.55. The summed E-state index contributed by atoms with van der Waals surface area (Å²) in [6, 6.07) is 6.83. The van der Waals surface area contributed by atoms with Crippen molar-refractivity contribution >= 4 is 0 Å². The van der Waals surface area contributed by atoms with E-state index in [1.54, 1.807) is 0 Å². The number of ether oxygens (including phenoxy) is 1. The molecule has 3 nitrogen and oxygen atoms in total. The van der Waals surface area contributed by atoms with Gasteiger partial charge in [0.25, 0.3) is 0 Å². The summed E-state index contributed by atoms with van der Waals surface area (Å²) in [5.41, 5.74) is 3.38. The maximum atomic E-state index is 10.1. The molecule has 3 heteroatoms. The molecule has 1 aromatic carbocycles. The van der Waals surface area contributed by atoms with Crippen LogP contribution in [0.2, 0.25) is 0 Å². The molecule has 2 aliphatic carbocycles. The van der Waals surface area contributed by atoms with E-state index in [-0.39, 0.29) is 5.60 Å². The molecule has 2 aliphatic heterocycles. The molecule has 24 heavy (non-hydrogen) atoms. The van der Waals surface area contributed by atoms with Crippen LogP contribution in [0.5, 0.6) is 5.75 Å². The zero-order chi connectivity index (χ0) is 16.4. The van der Waals surface area contributed by atoms with E-state index in [2.05, 4.69) is 24.0 Å². The van der Waals surface area contributed by atoms with Crippen molar-refractivity contribution in [3.05, 3.63) is 29.3 Å². The average Bonchev–Trinajstić information content (AvgIpc) is 2.56. The molecule has 2 bridgehead atoms. The number of nitrogens with zero attached hydrogens (tertiary/aromatic N) is 1. The van der Waals surface area contributed by atoms with Crippen molar-refractivity contribution in [1.29, 1.82) is 0 Å². The van der Waals surface area contributed by atoms with E-state index in [0.29, 0.717) is 17.2 Å². The van der Waals surface area contributed by atoms with Crippen LogP contribution >= 0.6 is 0 Å². The van der Waals surface area contributed by atoms with Gasteiger partial charge in [0.05, 0.1) is 12.2 Å². The monoisotopic (exact) mass is 327 g/mol. The Hall–Kier alpha value is -1.06. The fraction of sp³-hybridized carbons (Fsp3) is 0.714. The van der Waals surface area contributed by atoms with Crippen LogP contribution in [0, 0.1) is 5.92 Å². The Morgan fingerprint density at radius 3 is 2.92 bits per heavy atom. The van der Waals surface area contributed by atoms with Gasteiger partial charge in [-0.05, 0) is 68.3 Å². The predicted octanol–water partition coefficient (Wildman–Crippen LogP) is 3.63. The molecule has 0 radical (unpaired) electrons. The molecule has 1 saturated carbocycles. The van der Waals surface area contributed by atoms with Crippen molar-refractivity contribution in [2.45, 2.75) is 68.9 Å². The zero-order valence-corrected chi connectivity index (χ0v) is 14.8. The number of hydrogen-bond acceptors (Lipinski definition) is 3. The van der Waals surface area contributed by atoms with E-state index in [1.807, 2.05) is 6.07 Å². The Morgan fingerprint density at radius 1 is 1.25 bits per heavy atom. The summed E-state index contributed by atoms with van der Waals surface area (Å²) in [5.74, 6) is 1.21. The number of phenolic OH excluding ortho intramolecular Hbond substituents is 1.